The second kappa shape index (κ2) is 4.08. The molecular weight excluding hydrogens is 200 g/mol. The van der Waals surface area contributed by atoms with Crippen LogP contribution in [-0.2, 0) is 6.54 Å². The zero-order valence-corrected chi connectivity index (χ0v) is 9.90. The second-order valence-electron chi connectivity index (χ2n) is 4.60. The molecule has 2 aromatic heterocycles. The Morgan fingerprint density at radius 2 is 2.12 bits per heavy atom. The number of hydrogen-bond donors (Lipinski definition) is 0. The van der Waals surface area contributed by atoms with Gasteiger partial charge < -0.3 is 0 Å². The third-order valence-corrected chi connectivity index (χ3v) is 2.51. The largest absolute Gasteiger partial charge is 0.292 e. The van der Waals surface area contributed by atoms with E-state index in [1.165, 1.54) is 0 Å². The number of nitrogens with zero attached hydrogens (tertiary/aromatic N) is 2. The lowest BCUT2D eigenvalue weighted by atomic mass is 10.2. The van der Waals surface area contributed by atoms with Crippen molar-refractivity contribution in [1.29, 1.82) is 0 Å². The maximum absolute atomic E-state index is 11.8. The highest BCUT2D eigenvalue weighted by Crippen LogP contribution is 2.12. The van der Waals surface area contributed by atoms with Gasteiger partial charge in [-0.3, -0.25) is 9.36 Å². The van der Waals surface area contributed by atoms with E-state index in [1.54, 1.807) is 16.8 Å². The van der Waals surface area contributed by atoms with Crippen LogP contribution in [0.4, 0.5) is 0 Å². The summed E-state index contributed by atoms with van der Waals surface area (Å²) in [6.07, 6.45) is 1.80. The predicted octanol–water partition coefficient (Wildman–Crippen LogP) is 2.36. The highest BCUT2D eigenvalue weighted by Gasteiger charge is 2.05. The van der Waals surface area contributed by atoms with Gasteiger partial charge in [-0.2, -0.15) is 0 Å². The van der Waals surface area contributed by atoms with Gasteiger partial charge in [0.25, 0.3) is 5.56 Å². The Balaban J connectivity index is 2.69. The molecule has 2 rings (SSSR count). The molecule has 2 aromatic rings. The summed E-state index contributed by atoms with van der Waals surface area (Å²) in [5.74, 6) is 0.436. The van der Waals surface area contributed by atoms with Gasteiger partial charge in [-0.25, -0.2) is 4.98 Å². The molecule has 0 atom stereocenters. The summed E-state index contributed by atoms with van der Waals surface area (Å²) in [6, 6.07) is 5.51. The molecule has 0 bridgehead atoms. The molecule has 0 N–H and O–H groups in total. The zero-order chi connectivity index (χ0) is 11.7. The van der Waals surface area contributed by atoms with Gasteiger partial charge in [0.2, 0.25) is 0 Å². The number of aromatic nitrogens is 2. The monoisotopic (exact) mass is 216 g/mol. The van der Waals surface area contributed by atoms with Crippen LogP contribution in [-0.4, -0.2) is 9.55 Å². The minimum atomic E-state index is 0.0255. The van der Waals surface area contributed by atoms with Crippen molar-refractivity contribution < 1.29 is 0 Å². The van der Waals surface area contributed by atoms with Gasteiger partial charge in [-0.15, -0.1) is 0 Å². The lowest BCUT2D eigenvalue weighted by Crippen LogP contribution is -2.22. The Kier molecular flexibility index (Phi) is 2.77. The van der Waals surface area contributed by atoms with Crippen LogP contribution in [0.15, 0.2) is 29.2 Å². The smallest absolute Gasteiger partial charge is 0.252 e. The first kappa shape index (κ1) is 10.9. The van der Waals surface area contributed by atoms with Crippen LogP contribution < -0.4 is 5.56 Å². The van der Waals surface area contributed by atoms with Crippen molar-refractivity contribution in [3.63, 3.8) is 0 Å². The molecule has 0 fully saturated rings. The topological polar surface area (TPSA) is 34.9 Å². The van der Waals surface area contributed by atoms with Crippen LogP contribution >= 0.6 is 0 Å². The summed E-state index contributed by atoms with van der Waals surface area (Å²) in [6.45, 7) is 6.91. The Hall–Kier alpha value is -1.64. The average molecular weight is 216 g/mol. The third kappa shape index (κ3) is 1.98. The van der Waals surface area contributed by atoms with Crippen molar-refractivity contribution in [2.24, 2.45) is 5.92 Å². The summed E-state index contributed by atoms with van der Waals surface area (Å²) in [4.78, 5) is 16.1. The standard InChI is InChI=1S/C13H16N2O/c1-9(2)8-15-12(16)5-4-11-6-10(3)7-14-13(11)15/h4-7,9H,8H2,1-3H3. The third-order valence-electron chi connectivity index (χ3n) is 2.51. The minimum absolute atomic E-state index is 0.0255. The first-order valence-corrected chi connectivity index (χ1v) is 5.54. The Labute approximate surface area is 94.7 Å². The Morgan fingerprint density at radius 3 is 2.81 bits per heavy atom. The van der Waals surface area contributed by atoms with E-state index in [2.05, 4.69) is 24.9 Å². The van der Waals surface area contributed by atoms with Gasteiger partial charge in [-0.05, 0) is 30.5 Å². The van der Waals surface area contributed by atoms with Crippen LogP contribution in [0.1, 0.15) is 19.4 Å². The molecule has 0 saturated heterocycles. The van der Waals surface area contributed by atoms with E-state index in [1.807, 2.05) is 13.0 Å². The first-order valence-electron chi connectivity index (χ1n) is 5.54. The summed E-state index contributed by atoms with van der Waals surface area (Å²) in [5, 5.41) is 1.03. The molecule has 0 saturated carbocycles. The normalized spacial score (nSPS) is 11.2. The first-order chi connectivity index (χ1) is 7.58. The zero-order valence-electron chi connectivity index (χ0n) is 9.90. The van der Waals surface area contributed by atoms with Crippen molar-refractivity contribution in [2.75, 3.05) is 0 Å². The van der Waals surface area contributed by atoms with E-state index >= 15 is 0 Å². The average Bonchev–Trinajstić information content (AvgIpc) is 2.22. The Bertz CT molecular complexity index is 570. The van der Waals surface area contributed by atoms with Crippen molar-refractivity contribution in [3.8, 4) is 0 Å². The molecule has 84 valence electrons. The molecule has 16 heavy (non-hydrogen) atoms. The number of rotatable bonds is 2. The molecule has 3 heteroatoms. The maximum atomic E-state index is 11.8. The molecule has 0 aliphatic heterocycles. The summed E-state index contributed by atoms with van der Waals surface area (Å²) in [5.41, 5.74) is 1.92. The molecule has 0 unspecified atom stereocenters. The highest BCUT2D eigenvalue weighted by molar-refractivity contribution is 5.75. The summed E-state index contributed by atoms with van der Waals surface area (Å²) >= 11 is 0. The van der Waals surface area contributed by atoms with Crippen molar-refractivity contribution in [1.82, 2.24) is 9.55 Å². The summed E-state index contributed by atoms with van der Waals surface area (Å²) < 4.78 is 1.75. The second-order valence-corrected chi connectivity index (χ2v) is 4.60. The lowest BCUT2D eigenvalue weighted by molar-refractivity contribution is 0.521. The van der Waals surface area contributed by atoms with Crippen molar-refractivity contribution in [3.05, 3.63) is 40.3 Å². The lowest BCUT2D eigenvalue weighted by Gasteiger charge is -2.11. The van der Waals surface area contributed by atoms with Gasteiger partial charge in [0.05, 0.1) is 0 Å². The van der Waals surface area contributed by atoms with E-state index in [4.69, 9.17) is 0 Å². The number of pyridine rings is 2. The van der Waals surface area contributed by atoms with E-state index in [-0.39, 0.29) is 5.56 Å². The number of fused-ring (bicyclic) bond motifs is 1. The van der Waals surface area contributed by atoms with Crippen LogP contribution in [0.5, 0.6) is 0 Å². The highest BCUT2D eigenvalue weighted by atomic mass is 16.1. The molecule has 0 aliphatic rings. The molecule has 2 heterocycles. The van der Waals surface area contributed by atoms with Gasteiger partial charge in [0.15, 0.2) is 0 Å². The quantitative estimate of drug-likeness (QED) is 0.772. The van der Waals surface area contributed by atoms with Crippen LogP contribution in [0.3, 0.4) is 0 Å². The number of hydrogen-bond acceptors (Lipinski definition) is 2. The van der Waals surface area contributed by atoms with E-state index < -0.39 is 0 Å². The van der Waals surface area contributed by atoms with E-state index in [0.717, 1.165) is 16.6 Å². The van der Waals surface area contributed by atoms with E-state index in [9.17, 15) is 4.79 Å². The molecule has 0 spiro atoms. The van der Waals surface area contributed by atoms with Gasteiger partial charge in [0.1, 0.15) is 5.65 Å². The number of aryl methyl sites for hydroxylation is 1. The fraction of sp³-hybridized carbons (Fsp3) is 0.385. The van der Waals surface area contributed by atoms with Gasteiger partial charge in [-0.1, -0.05) is 13.8 Å². The van der Waals surface area contributed by atoms with Crippen molar-refractivity contribution >= 4 is 11.0 Å². The molecular formula is C13H16N2O. The van der Waals surface area contributed by atoms with Crippen LogP contribution in [0, 0.1) is 12.8 Å². The fourth-order valence-corrected chi connectivity index (χ4v) is 1.83. The van der Waals surface area contributed by atoms with Crippen molar-refractivity contribution in [2.45, 2.75) is 27.3 Å². The minimum Gasteiger partial charge on any atom is -0.292 e. The molecule has 0 aromatic carbocycles. The fourth-order valence-electron chi connectivity index (χ4n) is 1.83. The van der Waals surface area contributed by atoms with Crippen LogP contribution in [0.25, 0.3) is 11.0 Å². The molecule has 3 nitrogen and oxygen atoms in total. The van der Waals surface area contributed by atoms with Gasteiger partial charge in [0, 0.05) is 24.2 Å². The summed E-state index contributed by atoms with van der Waals surface area (Å²) in [7, 11) is 0. The molecule has 0 radical (unpaired) electrons. The maximum Gasteiger partial charge on any atom is 0.252 e. The van der Waals surface area contributed by atoms with Gasteiger partial charge >= 0.3 is 0 Å². The molecule has 0 aliphatic carbocycles. The Morgan fingerprint density at radius 1 is 1.38 bits per heavy atom. The predicted molar refractivity (Wildman–Crippen MR) is 65.6 cm³/mol. The SMILES string of the molecule is Cc1cnc2c(ccc(=O)n2CC(C)C)c1. The van der Waals surface area contributed by atoms with E-state index in [0.29, 0.717) is 12.5 Å². The van der Waals surface area contributed by atoms with Crippen LogP contribution in [0.2, 0.25) is 0 Å². The molecule has 0 amide bonds.